The maximum absolute atomic E-state index is 13.5. The zero-order chi connectivity index (χ0) is 23.7. The molecule has 34 heavy (non-hydrogen) atoms. The quantitative estimate of drug-likeness (QED) is 0.401. The van der Waals surface area contributed by atoms with Crippen molar-refractivity contribution in [1.82, 2.24) is 24.3 Å². The Kier molecular flexibility index (Phi) is 5.67. The normalized spacial score (nSPS) is 11.4. The number of hydrogen-bond donors (Lipinski definition) is 1. The molecule has 0 saturated heterocycles. The third-order valence-electron chi connectivity index (χ3n) is 5.81. The lowest BCUT2D eigenvalue weighted by Gasteiger charge is -2.10. The Hall–Kier alpha value is -4.27. The first-order valence-electron chi connectivity index (χ1n) is 11.2. The van der Waals surface area contributed by atoms with Gasteiger partial charge in [-0.15, -0.1) is 0 Å². The molecule has 0 aliphatic heterocycles. The van der Waals surface area contributed by atoms with Crippen molar-refractivity contribution in [1.29, 1.82) is 0 Å². The SMILES string of the molecule is CCc1ccc(NC(=O)Cn2c3ccccc3c3ncn(Cc4nc(CC)no4)c(=O)c32)cc1. The molecule has 0 bridgehead atoms. The molecule has 9 heteroatoms. The summed E-state index contributed by atoms with van der Waals surface area (Å²) in [7, 11) is 0. The first kappa shape index (κ1) is 21.6. The predicted octanol–water partition coefficient (Wildman–Crippen LogP) is 3.55. The second-order valence-corrected chi connectivity index (χ2v) is 8.03. The van der Waals surface area contributed by atoms with E-state index in [1.165, 1.54) is 16.5 Å². The van der Waals surface area contributed by atoms with E-state index >= 15 is 0 Å². The number of aryl methyl sites for hydroxylation is 2. The molecule has 3 heterocycles. The number of amides is 1. The fraction of sp³-hybridized carbons (Fsp3) is 0.240. The van der Waals surface area contributed by atoms with Crippen LogP contribution < -0.4 is 10.9 Å². The summed E-state index contributed by atoms with van der Waals surface area (Å²) >= 11 is 0. The number of para-hydroxylation sites is 1. The Morgan fingerprint density at radius 1 is 1.06 bits per heavy atom. The van der Waals surface area contributed by atoms with Crippen LogP contribution in [0.5, 0.6) is 0 Å². The largest absolute Gasteiger partial charge is 0.337 e. The number of hydrogen-bond acceptors (Lipinski definition) is 6. The van der Waals surface area contributed by atoms with Crippen molar-refractivity contribution in [2.24, 2.45) is 0 Å². The molecule has 0 atom stereocenters. The van der Waals surface area contributed by atoms with Crippen molar-refractivity contribution in [2.75, 3.05) is 5.32 Å². The second-order valence-electron chi connectivity index (χ2n) is 8.03. The highest BCUT2D eigenvalue weighted by Gasteiger charge is 2.19. The van der Waals surface area contributed by atoms with Gasteiger partial charge >= 0.3 is 0 Å². The van der Waals surface area contributed by atoms with E-state index < -0.39 is 0 Å². The second kappa shape index (κ2) is 8.93. The minimum atomic E-state index is -0.280. The number of nitrogens with zero attached hydrogens (tertiary/aromatic N) is 5. The Labute approximate surface area is 195 Å². The summed E-state index contributed by atoms with van der Waals surface area (Å²) in [6, 6.07) is 15.3. The number of carbonyl (C=O) groups excluding carboxylic acids is 1. The van der Waals surface area contributed by atoms with E-state index in [1.54, 1.807) is 4.57 Å². The van der Waals surface area contributed by atoms with Gasteiger partial charge in [-0.05, 0) is 30.2 Å². The average molecular weight is 457 g/mol. The molecule has 2 aromatic carbocycles. The van der Waals surface area contributed by atoms with Crippen LogP contribution >= 0.6 is 0 Å². The number of nitrogens with one attached hydrogen (secondary N) is 1. The molecule has 9 nitrogen and oxygen atoms in total. The number of carbonyl (C=O) groups is 1. The van der Waals surface area contributed by atoms with Gasteiger partial charge in [0.15, 0.2) is 5.82 Å². The molecule has 0 unspecified atom stereocenters. The van der Waals surface area contributed by atoms with Crippen molar-refractivity contribution in [3.63, 3.8) is 0 Å². The summed E-state index contributed by atoms with van der Waals surface area (Å²) in [6.45, 7) is 4.08. The van der Waals surface area contributed by atoms with E-state index in [0.29, 0.717) is 34.9 Å². The van der Waals surface area contributed by atoms with Crippen LogP contribution in [-0.4, -0.2) is 30.2 Å². The summed E-state index contributed by atoms with van der Waals surface area (Å²) in [6.07, 6.45) is 3.05. The van der Waals surface area contributed by atoms with E-state index in [-0.39, 0.29) is 24.6 Å². The van der Waals surface area contributed by atoms with Crippen LogP contribution in [0, 0.1) is 0 Å². The molecule has 0 spiro atoms. The van der Waals surface area contributed by atoms with Gasteiger partial charge in [0.25, 0.3) is 5.56 Å². The Balaban J connectivity index is 1.53. The van der Waals surface area contributed by atoms with Gasteiger partial charge in [-0.25, -0.2) is 4.98 Å². The first-order valence-corrected chi connectivity index (χ1v) is 11.2. The summed E-state index contributed by atoms with van der Waals surface area (Å²) < 4.78 is 8.39. The summed E-state index contributed by atoms with van der Waals surface area (Å²) in [5.41, 5.74) is 3.30. The van der Waals surface area contributed by atoms with Gasteiger partial charge in [0.05, 0.1) is 11.8 Å². The Morgan fingerprint density at radius 2 is 1.85 bits per heavy atom. The smallest absolute Gasteiger partial charge is 0.278 e. The highest BCUT2D eigenvalue weighted by atomic mass is 16.5. The molecule has 0 radical (unpaired) electrons. The minimum absolute atomic E-state index is 0.0268. The molecule has 1 amide bonds. The van der Waals surface area contributed by atoms with Crippen LogP contribution in [0.1, 0.15) is 31.1 Å². The van der Waals surface area contributed by atoms with Crippen LogP contribution in [0.3, 0.4) is 0 Å². The van der Waals surface area contributed by atoms with E-state index in [1.807, 2.05) is 55.5 Å². The Morgan fingerprint density at radius 3 is 2.59 bits per heavy atom. The van der Waals surface area contributed by atoms with Crippen molar-refractivity contribution in [3.05, 3.63) is 82.5 Å². The van der Waals surface area contributed by atoms with Gasteiger partial charge in [-0.3, -0.25) is 14.2 Å². The predicted molar refractivity (Wildman–Crippen MR) is 129 cm³/mol. The van der Waals surface area contributed by atoms with E-state index in [4.69, 9.17) is 4.52 Å². The zero-order valence-electron chi connectivity index (χ0n) is 19.0. The molecule has 0 aliphatic rings. The third kappa shape index (κ3) is 3.96. The van der Waals surface area contributed by atoms with Crippen LogP contribution in [0.15, 0.2) is 64.2 Å². The lowest BCUT2D eigenvalue weighted by molar-refractivity contribution is -0.116. The minimum Gasteiger partial charge on any atom is -0.337 e. The van der Waals surface area contributed by atoms with Crippen molar-refractivity contribution in [3.8, 4) is 0 Å². The van der Waals surface area contributed by atoms with Crippen LogP contribution in [0.2, 0.25) is 0 Å². The molecule has 0 aliphatic carbocycles. The van der Waals surface area contributed by atoms with Gasteiger partial charge in [0, 0.05) is 17.5 Å². The fourth-order valence-electron chi connectivity index (χ4n) is 4.04. The van der Waals surface area contributed by atoms with E-state index in [0.717, 1.165) is 17.3 Å². The monoisotopic (exact) mass is 456 g/mol. The molecular weight excluding hydrogens is 432 g/mol. The molecule has 5 aromatic rings. The molecule has 0 saturated carbocycles. The van der Waals surface area contributed by atoms with Crippen molar-refractivity contribution < 1.29 is 9.32 Å². The maximum atomic E-state index is 13.5. The number of fused-ring (bicyclic) bond motifs is 3. The van der Waals surface area contributed by atoms with Gasteiger partial charge in [0.1, 0.15) is 24.1 Å². The highest BCUT2D eigenvalue weighted by molar-refractivity contribution is 6.06. The third-order valence-corrected chi connectivity index (χ3v) is 5.81. The van der Waals surface area contributed by atoms with Gasteiger partial charge in [0.2, 0.25) is 11.8 Å². The average Bonchev–Trinajstić information content (AvgIpc) is 3.44. The maximum Gasteiger partial charge on any atom is 0.278 e. The lowest BCUT2D eigenvalue weighted by atomic mass is 10.1. The zero-order valence-corrected chi connectivity index (χ0v) is 19.0. The Bertz CT molecular complexity index is 1550. The summed E-state index contributed by atoms with van der Waals surface area (Å²) in [5, 5.41) is 7.62. The first-order chi connectivity index (χ1) is 16.6. The lowest BCUT2D eigenvalue weighted by Crippen LogP contribution is -2.25. The highest BCUT2D eigenvalue weighted by Crippen LogP contribution is 2.25. The fourth-order valence-corrected chi connectivity index (χ4v) is 4.04. The van der Waals surface area contributed by atoms with Crippen molar-refractivity contribution >= 4 is 33.5 Å². The standard InChI is InChI=1S/C25H24N6O3/c1-3-16-9-11-17(12-10-16)27-21(32)13-31-19-8-6-5-7-18(19)23-24(31)25(33)30(15-26-23)14-22-28-20(4-2)29-34-22/h5-12,15H,3-4,13-14H2,1-2H3,(H,27,32). The molecule has 3 aromatic heterocycles. The summed E-state index contributed by atoms with van der Waals surface area (Å²) in [4.78, 5) is 35.3. The van der Waals surface area contributed by atoms with Crippen LogP contribution in [0.25, 0.3) is 21.9 Å². The van der Waals surface area contributed by atoms with E-state index in [9.17, 15) is 9.59 Å². The molecule has 172 valence electrons. The van der Waals surface area contributed by atoms with Crippen LogP contribution in [-0.2, 0) is 30.7 Å². The molecule has 5 rings (SSSR count). The van der Waals surface area contributed by atoms with Crippen molar-refractivity contribution in [2.45, 2.75) is 39.8 Å². The van der Waals surface area contributed by atoms with Gasteiger partial charge < -0.3 is 14.4 Å². The number of benzene rings is 2. The molecule has 1 N–H and O–H groups in total. The molecule has 0 fully saturated rings. The number of aromatic nitrogens is 5. The number of rotatable bonds is 7. The number of anilines is 1. The van der Waals surface area contributed by atoms with E-state index in [2.05, 4.69) is 27.4 Å². The topological polar surface area (TPSA) is 108 Å². The van der Waals surface area contributed by atoms with Gasteiger partial charge in [-0.2, -0.15) is 4.98 Å². The summed E-state index contributed by atoms with van der Waals surface area (Å²) in [5.74, 6) is 0.678. The van der Waals surface area contributed by atoms with Crippen LogP contribution in [0.4, 0.5) is 5.69 Å². The van der Waals surface area contributed by atoms with Gasteiger partial charge in [-0.1, -0.05) is 49.3 Å². The molecular formula is C25H24N6O3.